The number of guanidine groups is 1. The summed E-state index contributed by atoms with van der Waals surface area (Å²) in [4.78, 5) is 55.7. The van der Waals surface area contributed by atoms with Crippen molar-refractivity contribution in [3.05, 3.63) is 0 Å². The number of aliphatic imine (C=N–C) groups is 1. The van der Waals surface area contributed by atoms with Gasteiger partial charge in [0.15, 0.2) is 5.96 Å². The molecule has 1 saturated heterocycles. The van der Waals surface area contributed by atoms with Gasteiger partial charge in [0.05, 0.1) is 6.04 Å². The maximum atomic E-state index is 13.3. The summed E-state index contributed by atoms with van der Waals surface area (Å²) in [5, 5.41) is 14.7. The van der Waals surface area contributed by atoms with E-state index in [1.807, 2.05) is 0 Å². The van der Waals surface area contributed by atoms with Crippen LogP contribution in [0.4, 0.5) is 0 Å². The molecule has 200 valence electrons. The highest BCUT2D eigenvalue weighted by Crippen LogP contribution is 2.21. The highest BCUT2D eigenvalue weighted by molar-refractivity contribution is 5.94. The molecule has 0 aromatic carbocycles. The van der Waals surface area contributed by atoms with Gasteiger partial charge in [-0.3, -0.25) is 19.4 Å². The van der Waals surface area contributed by atoms with Gasteiger partial charge in [0.1, 0.15) is 18.1 Å². The first-order chi connectivity index (χ1) is 16.5. The molecule has 0 aromatic heterocycles. The first kappa shape index (κ1) is 30.1. The normalized spacial score (nSPS) is 18.0. The average molecular weight is 499 g/mol. The Morgan fingerprint density at radius 1 is 1.09 bits per heavy atom. The molecule has 0 aliphatic carbocycles. The highest BCUT2D eigenvalue weighted by atomic mass is 16.4. The third-order valence-corrected chi connectivity index (χ3v) is 5.93. The Morgan fingerprint density at radius 3 is 2.34 bits per heavy atom. The van der Waals surface area contributed by atoms with Gasteiger partial charge in [-0.2, -0.15) is 0 Å². The Balaban J connectivity index is 2.80. The van der Waals surface area contributed by atoms with Crippen LogP contribution in [0.5, 0.6) is 0 Å². The van der Waals surface area contributed by atoms with Gasteiger partial charge in [-0.15, -0.1) is 0 Å². The van der Waals surface area contributed by atoms with E-state index in [1.165, 1.54) is 4.90 Å². The standard InChI is InChI=1S/C22H42N8O5/c1-13(2)17(29-18(31)14(24)7-5-11-27-22(25)26)20(33)30-12-6-9-16(30)19(32)28-15(21(34)35)8-3-4-10-23/h13-17H,3-12,23-24H2,1-2H3,(H,28,32)(H,29,31)(H,34,35)(H4,25,26,27). The molecule has 1 aliphatic heterocycles. The van der Waals surface area contributed by atoms with Gasteiger partial charge in [-0.05, 0) is 57.4 Å². The Labute approximate surface area is 206 Å². The van der Waals surface area contributed by atoms with Gasteiger partial charge in [-0.25, -0.2) is 4.79 Å². The minimum Gasteiger partial charge on any atom is -0.480 e. The first-order valence-electron chi connectivity index (χ1n) is 12.1. The second-order valence-electron chi connectivity index (χ2n) is 9.16. The molecule has 1 aliphatic rings. The smallest absolute Gasteiger partial charge is 0.326 e. The summed E-state index contributed by atoms with van der Waals surface area (Å²) in [6.07, 6.45) is 3.31. The van der Waals surface area contributed by atoms with E-state index in [0.717, 1.165) is 0 Å². The van der Waals surface area contributed by atoms with Gasteiger partial charge in [0, 0.05) is 13.1 Å². The minimum atomic E-state index is -1.13. The van der Waals surface area contributed by atoms with Crippen LogP contribution in [0.25, 0.3) is 0 Å². The molecular formula is C22H42N8O5. The topological polar surface area (TPSA) is 232 Å². The highest BCUT2D eigenvalue weighted by Gasteiger charge is 2.39. The molecule has 0 spiro atoms. The molecule has 1 heterocycles. The average Bonchev–Trinajstić information content (AvgIpc) is 3.28. The summed E-state index contributed by atoms with van der Waals surface area (Å²) in [7, 11) is 0. The van der Waals surface area contributed by atoms with Crippen LogP contribution in [0.15, 0.2) is 4.99 Å². The molecule has 3 amide bonds. The van der Waals surface area contributed by atoms with Crippen molar-refractivity contribution >= 4 is 29.7 Å². The summed E-state index contributed by atoms with van der Waals surface area (Å²) in [6, 6.07) is -3.57. The zero-order valence-corrected chi connectivity index (χ0v) is 20.7. The zero-order chi connectivity index (χ0) is 26.5. The van der Waals surface area contributed by atoms with Crippen molar-refractivity contribution in [3.63, 3.8) is 0 Å². The Kier molecular flexibility index (Phi) is 13.0. The predicted octanol–water partition coefficient (Wildman–Crippen LogP) is -1.80. The lowest BCUT2D eigenvalue weighted by atomic mass is 10.0. The van der Waals surface area contributed by atoms with Gasteiger partial charge in [-0.1, -0.05) is 13.8 Å². The van der Waals surface area contributed by atoms with Crippen molar-refractivity contribution in [2.75, 3.05) is 19.6 Å². The van der Waals surface area contributed by atoms with E-state index in [0.29, 0.717) is 58.2 Å². The molecule has 4 unspecified atom stereocenters. The van der Waals surface area contributed by atoms with E-state index in [-0.39, 0.29) is 18.3 Å². The molecular weight excluding hydrogens is 456 g/mol. The Hall–Kier alpha value is -2.93. The van der Waals surface area contributed by atoms with E-state index >= 15 is 0 Å². The summed E-state index contributed by atoms with van der Waals surface area (Å²) in [5.74, 6) is -2.81. The van der Waals surface area contributed by atoms with Crippen LogP contribution in [0.2, 0.25) is 0 Å². The number of nitrogens with zero attached hydrogens (tertiary/aromatic N) is 2. The SMILES string of the molecule is CC(C)C(NC(=O)C(N)CCCN=C(N)N)C(=O)N1CCCC1C(=O)NC(CCCCN)C(=O)O. The summed E-state index contributed by atoms with van der Waals surface area (Å²) in [6.45, 7) is 4.69. The second-order valence-corrected chi connectivity index (χ2v) is 9.16. The second kappa shape index (κ2) is 15.1. The van der Waals surface area contributed by atoms with Crippen molar-refractivity contribution in [2.45, 2.75) is 83.0 Å². The van der Waals surface area contributed by atoms with Crippen molar-refractivity contribution in [1.82, 2.24) is 15.5 Å². The number of unbranched alkanes of at least 4 members (excludes halogenated alkanes) is 1. The van der Waals surface area contributed by atoms with Crippen molar-refractivity contribution in [1.29, 1.82) is 0 Å². The molecule has 4 atom stereocenters. The molecule has 0 bridgehead atoms. The van der Waals surface area contributed by atoms with Gasteiger partial charge >= 0.3 is 5.97 Å². The number of likely N-dealkylation sites (tertiary alicyclic amines) is 1. The summed E-state index contributed by atoms with van der Waals surface area (Å²) < 4.78 is 0. The number of amides is 3. The van der Waals surface area contributed by atoms with E-state index in [2.05, 4.69) is 15.6 Å². The number of carboxylic acid groups (broad SMARTS) is 1. The van der Waals surface area contributed by atoms with E-state index in [9.17, 15) is 24.3 Å². The molecule has 0 radical (unpaired) electrons. The number of carboxylic acids is 1. The fourth-order valence-electron chi connectivity index (χ4n) is 3.92. The van der Waals surface area contributed by atoms with Crippen LogP contribution < -0.4 is 33.6 Å². The molecule has 13 heteroatoms. The fourth-order valence-corrected chi connectivity index (χ4v) is 3.92. The first-order valence-corrected chi connectivity index (χ1v) is 12.1. The Bertz CT molecular complexity index is 756. The lowest BCUT2D eigenvalue weighted by molar-refractivity contribution is -0.145. The number of hydrogen-bond donors (Lipinski definition) is 7. The molecule has 0 saturated carbocycles. The van der Waals surface area contributed by atoms with E-state index in [1.54, 1.807) is 13.8 Å². The third-order valence-electron chi connectivity index (χ3n) is 5.93. The van der Waals surface area contributed by atoms with Gasteiger partial charge < -0.3 is 43.6 Å². The largest absolute Gasteiger partial charge is 0.480 e. The van der Waals surface area contributed by atoms with Crippen LogP contribution in [0, 0.1) is 5.92 Å². The maximum Gasteiger partial charge on any atom is 0.326 e. The number of aliphatic carboxylic acids is 1. The quantitative estimate of drug-likeness (QED) is 0.0765. The number of nitrogens with one attached hydrogen (secondary N) is 2. The fraction of sp³-hybridized carbons (Fsp3) is 0.773. The number of carbonyl (C=O) groups is 4. The lowest BCUT2D eigenvalue weighted by Gasteiger charge is -2.31. The summed E-state index contributed by atoms with van der Waals surface area (Å²) in [5.41, 5.74) is 22.0. The molecule has 1 rings (SSSR count). The molecule has 11 N–H and O–H groups in total. The predicted molar refractivity (Wildman–Crippen MR) is 132 cm³/mol. The van der Waals surface area contributed by atoms with Crippen LogP contribution in [0.1, 0.15) is 58.8 Å². The third kappa shape index (κ3) is 10.1. The Morgan fingerprint density at radius 2 is 1.77 bits per heavy atom. The monoisotopic (exact) mass is 498 g/mol. The van der Waals surface area contributed by atoms with Crippen LogP contribution in [-0.2, 0) is 19.2 Å². The summed E-state index contributed by atoms with van der Waals surface area (Å²) >= 11 is 0. The van der Waals surface area contributed by atoms with Crippen LogP contribution in [-0.4, -0.2) is 83.5 Å². The number of carbonyl (C=O) groups excluding carboxylic acids is 3. The lowest BCUT2D eigenvalue weighted by Crippen LogP contribution is -2.58. The molecule has 35 heavy (non-hydrogen) atoms. The molecule has 0 aromatic rings. The van der Waals surface area contributed by atoms with Crippen LogP contribution in [0.3, 0.4) is 0 Å². The van der Waals surface area contributed by atoms with E-state index < -0.39 is 47.9 Å². The van der Waals surface area contributed by atoms with Crippen LogP contribution >= 0.6 is 0 Å². The van der Waals surface area contributed by atoms with Crippen molar-refractivity contribution in [3.8, 4) is 0 Å². The molecule has 1 fully saturated rings. The van der Waals surface area contributed by atoms with Crippen molar-refractivity contribution in [2.24, 2.45) is 33.8 Å². The maximum absolute atomic E-state index is 13.3. The minimum absolute atomic E-state index is 0.0390. The number of rotatable bonds is 15. The van der Waals surface area contributed by atoms with E-state index in [4.69, 9.17) is 22.9 Å². The number of hydrogen-bond acceptors (Lipinski definition) is 7. The molecule has 13 nitrogen and oxygen atoms in total. The van der Waals surface area contributed by atoms with Gasteiger partial charge in [0.25, 0.3) is 0 Å². The zero-order valence-electron chi connectivity index (χ0n) is 20.7. The number of nitrogens with two attached hydrogens (primary N) is 4. The van der Waals surface area contributed by atoms with Crippen molar-refractivity contribution < 1.29 is 24.3 Å². The van der Waals surface area contributed by atoms with Gasteiger partial charge in [0.2, 0.25) is 17.7 Å².